The number of esters is 1. The van der Waals surface area contributed by atoms with Crippen LogP contribution in [0, 0.1) is 24.2 Å². The van der Waals surface area contributed by atoms with E-state index in [0.717, 1.165) is 0 Å². The summed E-state index contributed by atoms with van der Waals surface area (Å²) in [5.74, 6) is 1.57. The van der Waals surface area contributed by atoms with Crippen LogP contribution in [0.4, 0.5) is 5.69 Å². The Labute approximate surface area is 207 Å². The van der Waals surface area contributed by atoms with Gasteiger partial charge in [0.1, 0.15) is 6.10 Å². The molecule has 2 aromatic rings. The monoisotopic (exact) mass is 496 g/mol. The minimum atomic E-state index is -3.65. The molecule has 2 aromatic carbocycles. The lowest BCUT2D eigenvalue weighted by Gasteiger charge is -2.26. The van der Waals surface area contributed by atoms with Crippen molar-refractivity contribution < 1.29 is 22.7 Å². The number of benzene rings is 2. The number of carbonyl (C=O) groups excluding carboxylic acids is 2. The zero-order valence-corrected chi connectivity index (χ0v) is 21.1. The van der Waals surface area contributed by atoms with Crippen LogP contribution >= 0.6 is 0 Å². The Morgan fingerprint density at radius 2 is 1.91 bits per heavy atom. The Balaban J connectivity index is 1.75. The normalized spacial score (nSPS) is 18.5. The molecule has 186 valence electrons. The van der Waals surface area contributed by atoms with Gasteiger partial charge >= 0.3 is 5.97 Å². The fourth-order valence-corrected chi connectivity index (χ4v) is 5.42. The number of hydrogen-bond donors (Lipinski definition) is 1. The highest BCUT2D eigenvalue weighted by atomic mass is 32.2. The number of hydrogen-bond acceptors (Lipinski definition) is 5. The van der Waals surface area contributed by atoms with Crippen LogP contribution in [-0.2, 0) is 25.3 Å². The molecule has 35 heavy (non-hydrogen) atoms. The van der Waals surface area contributed by atoms with Gasteiger partial charge in [-0.2, -0.15) is 0 Å². The third kappa shape index (κ3) is 6.86. The van der Waals surface area contributed by atoms with Gasteiger partial charge in [-0.1, -0.05) is 50.2 Å². The summed E-state index contributed by atoms with van der Waals surface area (Å²) in [6.45, 7) is 4.06. The third-order valence-electron chi connectivity index (χ3n) is 6.05. The van der Waals surface area contributed by atoms with E-state index in [-0.39, 0.29) is 35.5 Å². The van der Waals surface area contributed by atoms with E-state index in [0.29, 0.717) is 36.1 Å². The molecule has 1 fully saturated rings. The summed E-state index contributed by atoms with van der Waals surface area (Å²) in [6.07, 6.45) is 6.30. The van der Waals surface area contributed by atoms with Gasteiger partial charge in [-0.05, 0) is 36.1 Å². The molecule has 0 spiro atoms. The minimum absolute atomic E-state index is 0.150. The molecular formula is C27H32N2O5S. The second kappa shape index (κ2) is 11.4. The van der Waals surface area contributed by atoms with E-state index in [1.54, 1.807) is 48.5 Å². The van der Waals surface area contributed by atoms with E-state index in [1.807, 2.05) is 19.9 Å². The second-order valence-corrected chi connectivity index (χ2v) is 11.3. The first-order valence-electron chi connectivity index (χ1n) is 11.7. The van der Waals surface area contributed by atoms with Crippen molar-refractivity contribution in [3.05, 3.63) is 65.7 Å². The summed E-state index contributed by atoms with van der Waals surface area (Å²) in [4.78, 5) is 25.3. The lowest BCUT2D eigenvalue weighted by Crippen LogP contribution is -2.44. The van der Waals surface area contributed by atoms with Crippen LogP contribution in [0.2, 0.25) is 0 Å². The molecule has 0 saturated carbocycles. The van der Waals surface area contributed by atoms with Gasteiger partial charge in [0, 0.05) is 25.5 Å². The SMILES string of the molecule is C#CCC1CC([C@H](CC(C)C)NC(=O)c2cccc(N(C)S(=O)(=O)Cc3ccccc3)c2)OC1=O. The predicted molar refractivity (Wildman–Crippen MR) is 136 cm³/mol. The van der Waals surface area contributed by atoms with Crippen LogP contribution < -0.4 is 9.62 Å². The maximum absolute atomic E-state index is 13.1. The van der Waals surface area contributed by atoms with Crippen molar-refractivity contribution in [1.82, 2.24) is 5.32 Å². The van der Waals surface area contributed by atoms with Crippen LogP contribution in [-0.4, -0.2) is 39.5 Å². The van der Waals surface area contributed by atoms with Crippen molar-refractivity contribution >= 4 is 27.6 Å². The highest BCUT2D eigenvalue weighted by molar-refractivity contribution is 7.92. The summed E-state index contributed by atoms with van der Waals surface area (Å²) >= 11 is 0. The van der Waals surface area contributed by atoms with E-state index in [2.05, 4.69) is 11.2 Å². The quantitative estimate of drug-likeness (QED) is 0.399. The van der Waals surface area contributed by atoms with Crippen molar-refractivity contribution in [1.29, 1.82) is 0 Å². The van der Waals surface area contributed by atoms with Crippen LogP contribution in [0.1, 0.15) is 49.0 Å². The molecule has 1 amide bonds. The Kier molecular flexibility index (Phi) is 8.57. The first-order chi connectivity index (χ1) is 16.6. The molecule has 1 aliphatic heterocycles. The smallest absolute Gasteiger partial charge is 0.310 e. The zero-order valence-electron chi connectivity index (χ0n) is 20.3. The molecule has 7 nitrogen and oxygen atoms in total. The van der Waals surface area contributed by atoms with E-state index < -0.39 is 16.1 Å². The topological polar surface area (TPSA) is 92.8 Å². The van der Waals surface area contributed by atoms with Crippen molar-refractivity contribution in [2.45, 2.75) is 51.0 Å². The molecule has 1 N–H and O–H groups in total. The first-order valence-corrected chi connectivity index (χ1v) is 13.3. The van der Waals surface area contributed by atoms with Gasteiger partial charge < -0.3 is 10.1 Å². The summed E-state index contributed by atoms with van der Waals surface area (Å²) < 4.78 is 32.6. The van der Waals surface area contributed by atoms with Crippen molar-refractivity contribution in [2.24, 2.45) is 11.8 Å². The van der Waals surface area contributed by atoms with Crippen molar-refractivity contribution in [2.75, 3.05) is 11.4 Å². The molecule has 0 radical (unpaired) electrons. The van der Waals surface area contributed by atoms with Crippen LogP contribution in [0.5, 0.6) is 0 Å². The Morgan fingerprint density at radius 3 is 2.57 bits per heavy atom. The van der Waals surface area contributed by atoms with Gasteiger partial charge in [-0.15, -0.1) is 12.3 Å². The Hall–Kier alpha value is -3.31. The molecule has 1 saturated heterocycles. The third-order valence-corrected chi connectivity index (χ3v) is 7.80. The highest BCUT2D eigenvalue weighted by Crippen LogP contribution is 2.28. The lowest BCUT2D eigenvalue weighted by molar-refractivity contribution is -0.145. The summed E-state index contributed by atoms with van der Waals surface area (Å²) in [7, 11) is -2.18. The maximum Gasteiger partial charge on any atom is 0.310 e. The summed E-state index contributed by atoms with van der Waals surface area (Å²) in [5.41, 5.74) is 1.39. The molecular weight excluding hydrogens is 464 g/mol. The van der Waals surface area contributed by atoms with Gasteiger partial charge in [0.15, 0.2) is 0 Å². The fourth-order valence-electron chi connectivity index (χ4n) is 4.17. The van der Waals surface area contributed by atoms with Gasteiger partial charge in [0.2, 0.25) is 10.0 Å². The largest absolute Gasteiger partial charge is 0.460 e. The number of terminal acetylenes is 1. The number of sulfonamides is 1. The van der Waals surface area contributed by atoms with Crippen molar-refractivity contribution in [3.63, 3.8) is 0 Å². The number of carbonyl (C=O) groups is 2. The number of nitrogens with zero attached hydrogens (tertiary/aromatic N) is 1. The first kappa shape index (κ1) is 26.3. The van der Waals surface area contributed by atoms with E-state index in [9.17, 15) is 18.0 Å². The molecule has 8 heteroatoms. The number of nitrogens with one attached hydrogen (secondary N) is 1. The summed E-state index contributed by atoms with van der Waals surface area (Å²) in [6, 6.07) is 15.0. The highest BCUT2D eigenvalue weighted by Gasteiger charge is 2.39. The van der Waals surface area contributed by atoms with Gasteiger partial charge in [-0.3, -0.25) is 13.9 Å². The predicted octanol–water partition coefficient (Wildman–Crippen LogP) is 3.75. The van der Waals surface area contributed by atoms with Crippen LogP contribution in [0.15, 0.2) is 54.6 Å². The molecule has 3 atom stereocenters. The molecule has 0 bridgehead atoms. The zero-order chi connectivity index (χ0) is 25.6. The van der Waals surface area contributed by atoms with Gasteiger partial charge in [0.05, 0.1) is 23.4 Å². The molecule has 1 aliphatic rings. The average molecular weight is 497 g/mol. The number of amides is 1. The van der Waals surface area contributed by atoms with Gasteiger partial charge in [-0.25, -0.2) is 8.42 Å². The Morgan fingerprint density at radius 1 is 1.20 bits per heavy atom. The maximum atomic E-state index is 13.1. The van der Waals surface area contributed by atoms with Crippen LogP contribution in [0.25, 0.3) is 0 Å². The summed E-state index contributed by atoms with van der Waals surface area (Å²) in [5, 5.41) is 3.00. The molecule has 3 rings (SSSR count). The van der Waals surface area contributed by atoms with E-state index >= 15 is 0 Å². The molecule has 0 aliphatic carbocycles. The fraction of sp³-hybridized carbons (Fsp3) is 0.407. The lowest BCUT2D eigenvalue weighted by atomic mass is 9.93. The standard InChI is InChI=1S/C27H32N2O5S/c1-5-10-22-17-25(34-27(22)31)24(15-19(2)3)28-26(30)21-13-9-14-23(16-21)29(4)35(32,33)18-20-11-7-6-8-12-20/h1,6-9,11-14,16,19,22,24-25H,10,15,17-18H2,2-4H3,(H,28,30)/t22?,24-,25?/m0/s1. The van der Waals surface area contributed by atoms with Crippen LogP contribution in [0.3, 0.4) is 0 Å². The molecule has 0 aromatic heterocycles. The number of ether oxygens (including phenoxy) is 1. The van der Waals surface area contributed by atoms with Gasteiger partial charge in [0.25, 0.3) is 5.91 Å². The second-order valence-electron chi connectivity index (χ2n) is 9.29. The molecule has 1 heterocycles. The number of anilines is 1. The van der Waals surface area contributed by atoms with E-state index in [1.165, 1.54) is 11.4 Å². The minimum Gasteiger partial charge on any atom is -0.460 e. The molecule has 2 unspecified atom stereocenters. The van der Waals surface area contributed by atoms with Crippen molar-refractivity contribution in [3.8, 4) is 12.3 Å². The number of rotatable bonds is 10. The number of cyclic esters (lactones) is 1. The Bertz CT molecular complexity index is 1190. The average Bonchev–Trinajstić information content (AvgIpc) is 3.18. The van der Waals surface area contributed by atoms with E-state index in [4.69, 9.17) is 11.2 Å².